The molecule has 1 spiro atoms. The summed E-state index contributed by atoms with van der Waals surface area (Å²) in [5, 5.41) is 3.95. The summed E-state index contributed by atoms with van der Waals surface area (Å²) >= 11 is 1.75. The third-order valence-corrected chi connectivity index (χ3v) is 7.30. The summed E-state index contributed by atoms with van der Waals surface area (Å²) in [4.78, 5) is 25.0. The van der Waals surface area contributed by atoms with Gasteiger partial charge in [0.2, 0.25) is 0 Å². The van der Waals surface area contributed by atoms with Gasteiger partial charge in [0, 0.05) is 43.2 Å². The Kier molecular flexibility index (Phi) is 7.85. The van der Waals surface area contributed by atoms with Crippen LogP contribution in [-0.2, 0) is 0 Å². The lowest BCUT2D eigenvalue weighted by Gasteiger charge is -2.35. The SMILES string of the molecule is CCCSC1=NC2(CCN(C(=O)Nc3ccc(OC)c(OC)c3)CC2)N=C1c1ccc(OC)cc1. The number of piperidine rings is 1. The Morgan fingerprint density at radius 3 is 2.34 bits per heavy atom. The van der Waals surface area contributed by atoms with Crippen molar-refractivity contribution in [1.82, 2.24) is 4.90 Å². The van der Waals surface area contributed by atoms with Gasteiger partial charge in [0.25, 0.3) is 0 Å². The van der Waals surface area contributed by atoms with E-state index in [2.05, 4.69) is 12.2 Å². The summed E-state index contributed by atoms with van der Waals surface area (Å²) in [6.45, 7) is 3.32. The summed E-state index contributed by atoms with van der Waals surface area (Å²) in [6.07, 6.45) is 2.43. The van der Waals surface area contributed by atoms with Gasteiger partial charge >= 0.3 is 6.03 Å². The Balaban J connectivity index is 1.45. The Morgan fingerprint density at radius 2 is 1.71 bits per heavy atom. The molecule has 2 aliphatic heterocycles. The normalized spacial score (nSPS) is 16.5. The molecule has 2 aromatic carbocycles. The maximum Gasteiger partial charge on any atom is 0.321 e. The third kappa shape index (κ3) is 5.56. The highest BCUT2D eigenvalue weighted by Crippen LogP contribution is 2.36. The molecule has 2 aromatic rings. The third-order valence-electron chi connectivity index (χ3n) is 6.12. The number of anilines is 1. The number of urea groups is 1. The zero-order valence-electron chi connectivity index (χ0n) is 20.7. The molecule has 4 rings (SSSR count). The highest BCUT2D eigenvalue weighted by Gasteiger charge is 2.40. The van der Waals surface area contributed by atoms with Crippen molar-refractivity contribution >= 4 is 34.2 Å². The number of rotatable bonds is 7. The monoisotopic (exact) mass is 496 g/mol. The fourth-order valence-electron chi connectivity index (χ4n) is 4.17. The van der Waals surface area contributed by atoms with Crippen molar-refractivity contribution in [1.29, 1.82) is 0 Å². The minimum Gasteiger partial charge on any atom is -0.497 e. The number of carbonyl (C=O) groups is 1. The van der Waals surface area contributed by atoms with Gasteiger partial charge in [-0.1, -0.05) is 6.92 Å². The molecule has 0 unspecified atom stereocenters. The van der Waals surface area contributed by atoms with E-state index in [1.165, 1.54) is 0 Å². The van der Waals surface area contributed by atoms with Crippen LogP contribution in [0.15, 0.2) is 52.4 Å². The van der Waals surface area contributed by atoms with Crippen LogP contribution in [0.1, 0.15) is 31.7 Å². The number of nitrogens with zero attached hydrogens (tertiary/aromatic N) is 3. The lowest BCUT2D eigenvalue weighted by Crippen LogP contribution is -2.46. The summed E-state index contributed by atoms with van der Waals surface area (Å²) in [7, 11) is 4.82. The quantitative estimate of drug-likeness (QED) is 0.578. The highest BCUT2D eigenvalue weighted by atomic mass is 32.2. The molecule has 0 bridgehead atoms. The predicted molar refractivity (Wildman–Crippen MR) is 142 cm³/mol. The van der Waals surface area contributed by atoms with Gasteiger partial charge in [0.1, 0.15) is 10.8 Å². The van der Waals surface area contributed by atoms with E-state index in [0.29, 0.717) is 43.1 Å². The lowest BCUT2D eigenvalue weighted by molar-refractivity contribution is 0.175. The zero-order valence-corrected chi connectivity index (χ0v) is 21.5. The molecular weight excluding hydrogens is 464 g/mol. The van der Waals surface area contributed by atoms with Crippen molar-refractivity contribution in [3.05, 3.63) is 48.0 Å². The molecule has 186 valence electrons. The maximum absolute atomic E-state index is 12.9. The Bertz CT molecular complexity index is 1110. The van der Waals surface area contributed by atoms with Crippen LogP contribution in [0.5, 0.6) is 17.2 Å². The number of carbonyl (C=O) groups excluding carboxylic acids is 1. The number of nitrogens with one attached hydrogen (secondary N) is 1. The second-order valence-corrected chi connectivity index (χ2v) is 9.51. The summed E-state index contributed by atoms with van der Waals surface area (Å²) in [5.74, 6) is 2.99. The van der Waals surface area contributed by atoms with Crippen molar-refractivity contribution < 1.29 is 19.0 Å². The van der Waals surface area contributed by atoms with Crippen molar-refractivity contribution in [3.8, 4) is 17.2 Å². The first kappa shape index (κ1) is 24.9. The number of ether oxygens (including phenoxy) is 3. The average Bonchev–Trinajstić information content (AvgIpc) is 3.25. The standard InChI is InChI=1S/C26H32N4O4S/c1-5-16-35-24-23(18-6-9-20(32-2)10-7-18)28-26(29-24)12-14-30(15-13-26)25(31)27-19-8-11-21(33-3)22(17-19)34-4/h6-11,17H,5,12-16H2,1-4H3,(H,27,31). The number of hydrogen-bond donors (Lipinski definition) is 1. The van der Waals surface area contributed by atoms with Crippen LogP contribution < -0.4 is 19.5 Å². The van der Waals surface area contributed by atoms with Crippen LogP contribution in [0.4, 0.5) is 10.5 Å². The number of amides is 2. The second-order valence-electron chi connectivity index (χ2n) is 8.42. The van der Waals surface area contributed by atoms with E-state index in [1.54, 1.807) is 51.3 Å². The number of likely N-dealkylation sites (tertiary alicyclic amines) is 1. The first-order valence-electron chi connectivity index (χ1n) is 11.8. The number of methoxy groups -OCH3 is 3. The van der Waals surface area contributed by atoms with Gasteiger partial charge in [-0.2, -0.15) is 0 Å². The van der Waals surface area contributed by atoms with E-state index in [-0.39, 0.29) is 6.03 Å². The van der Waals surface area contributed by atoms with E-state index in [9.17, 15) is 4.79 Å². The smallest absolute Gasteiger partial charge is 0.321 e. The van der Waals surface area contributed by atoms with Gasteiger partial charge in [-0.25, -0.2) is 9.79 Å². The van der Waals surface area contributed by atoms with Crippen molar-refractivity contribution in [3.63, 3.8) is 0 Å². The van der Waals surface area contributed by atoms with Crippen LogP contribution >= 0.6 is 11.8 Å². The molecule has 35 heavy (non-hydrogen) atoms. The topological polar surface area (TPSA) is 84.8 Å². The zero-order chi connectivity index (χ0) is 24.8. The minimum absolute atomic E-state index is 0.144. The highest BCUT2D eigenvalue weighted by molar-refractivity contribution is 8.15. The van der Waals surface area contributed by atoms with Gasteiger partial charge < -0.3 is 24.4 Å². The molecule has 0 atom stereocenters. The molecule has 2 amide bonds. The molecule has 0 aromatic heterocycles. The fraction of sp³-hybridized carbons (Fsp3) is 0.423. The summed E-state index contributed by atoms with van der Waals surface area (Å²) in [6, 6.07) is 13.2. The van der Waals surface area contributed by atoms with Crippen molar-refractivity contribution in [2.24, 2.45) is 9.98 Å². The Hall–Kier alpha value is -3.20. The number of benzene rings is 2. The van der Waals surface area contributed by atoms with Gasteiger partial charge in [-0.05, 0) is 48.6 Å². The maximum atomic E-state index is 12.9. The molecular formula is C26H32N4O4S. The molecule has 1 N–H and O–H groups in total. The lowest BCUT2D eigenvalue weighted by atomic mass is 9.98. The largest absolute Gasteiger partial charge is 0.497 e. The van der Waals surface area contributed by atoms with Crippen molar-refractivity contribution in [2.75, 3.05) is 45.5 Å². The molecule has 2 heterocycles. The minimum atomic E-state index is -0.508. The van der Waals surface area contributed by atoms with Crippen LogP contribution in [0, 0.1) is 0 Å². The van der Waals surface area contributed by atoms with E-state index >= 15 is 0 Å². The van der Waals surface area contributed by atoms with Crippen LogP contribution in [0.25, 0.3) is 0 Å². The molecule has 2 aliphatic rings. The van der Waals surface area contributed by atoms with Crippen LogP contribution in [0.3, 0.4) is 0 Å². The first-order valence-corrected chi connectivity index (χ1v) is 12.7. The number of thioether (sulfide) groups is 1. The molecule has 1 fully saturated rings. The van der Waals surface area contributed by atoms with E-state index in [1.807, 2.05) is 29.2 Å². The summed E-state index contributed by atoms with van der Waals surface area (Å²) < 4.78 is 15.9. The Morgan fingerprint density at radius 1 is 1.00 bits per heavy atom. The Labute approximate surface area is 210 Å². The van der Waals surface area contributed by atoms with Gasteiger partial charge in [-0.15, -0.1) is 11.8 Å². The average molecular weight is 497 g/mol. The molecule has 9 heteroatoms. The predicted octanol–water partition coefficient (Wildman–Crippen LogP) is 5.08. The fourth-order valence-corrected chi connectivity index (χ4v) is 5.10. The molecule has 8 nitrogen and oxygen atoms in total. The van der Waals surface area contributed by atoms with Gasteiger partial charge in [-0.3, -0.25) is 4.99 Å². The second kappa shape index (κ2) is 11.0. The van der Waals surface area contributed by atoms with Gasteiger partial charge in [0.15, 0.2) is 17.2 Å². The number of hydrogen-bond acceptors (Lipinski definition) is 7. The van der Waals surface area contributed by atoms with E-state index in [0.717, 1.165) is 34.2 Å². The molecule has 0 saturated carbocycles. The molecule has 1 saturated heterocycles. The van der Waals surface area contributed by atoms with E-state index in [4.69, 9.17) is 24.2 Å². The summed E-state index contributed by atoms with van der Waals surface area (Å²) in [5.41, 5.74) is 2.13. The number of aliphatic imine (C=N–C) groups is 2. The first-order chi connectivity index (χ1) is 17.0. The van der Waals surface area contributed by atoms with Crippen LogP contribution in [-0.4, -0.2) is 67.5 Å². The van der Waals surface area contributed by atoms with E-state index < -0.39 is 5.66 Å². The van der Waals surface area contributed by atoms with Crippen LogP contribution in [0.2, 0.25) is 0 Å². The molecule has 0 radical (unpaired) electrons. The molecule has 0 aliphatic carbocycles. The van der Waals surface area contributed by atoms with Gasteiger partial charge in [0.05, 0.1) is 27.0 Å². The van der Waals surface area contributed by atoms with Crippen molar-refractivity contribution in [2.45, 2.75) is 31.8 Å².